The summed E-state index contributed by atoms with van der Waals surface area (Å²) in [6.45, 7) is 6.31. The van der Waals surface area contributed by atoms with E-state index in [9.17, 15) is 14.4 Å². The van der Waals surface area contributed by atoms with Crippen LogP contribution in [0.15, 0.2) is 182 Å². The summed E-state index contributed by atoms with van der Waals surface area (Å²) in [5.41, 5.74) is 0. The molecule has 6 heteroatoms. The van der Waals surface area contributed by atoms with Gasteiger partial charge in [-0.05, 0) is 141 Å². The van der Waals surface area contributed by atoms with Crippen molar-refractivity contribution in [2.24, 2.45) is 0 Å². The first-order chi connectivity index (χ1) is 40.0. The molecule has 0 rings (SSSR count). The Morgan fingerprint density at radius 1 is 0.259 bits per heavy atom. The van der Waals surface area contributed by atoms with Crippen molar-refractivity contribution >= 4 is 17.9 Å². The van der Waals surface area contributed by atoms with Gasteiger partial charge in [0.05, 0.1) is 0 Å². The van der Waals surface area contributed by atoms with Crippen LogP contribution in [-0.4, -0.2) is 37.2 Å². The van der Waals surface area contributed by atoms with Gasteiger partial charge in [-0.1, -0.05) is 274 Å². The zero-order valence-corrected chi connectivity index (χ0v) is 51.7. The third-order valence-electron chi connectivity index (χ3n) is 12.9. The minimum absolute atomic E-state index is 0.103. The third-order valence-corrected chi connectivity index (χ3v) is 12.9. The quantitative estimate of drug-likeness (QED) is 0.0261. The number of hydrogen-bond donors (Lipinski definition) is 0. The first-order valence-electron chi connectivity index (χ1n) is 32.3. The van der Waals surface area contributed by atoms with Gasteiger partial charge in [0.15, 0.2) is 6.10 Å². The molecule has 6 nitrogen and oxygen atoms in total. The van der Waals surface area contributed by atoms with Crippen LogP contribution >= 0.6 is 0 Å². The summed E-state index contributed by atoms with van der Waals surface area (Å²) in [7, 11) is 0. The normalized spacial score (nSPS) is 13.4. The van der Waals surface area contributed by atoms with Crippen LogP contribution in [0.25, 0.3) is 0 Å². The Bertz CT molecular complexity index is 1900. The standard InChI is InChI=1S/C75H116O6/c1-4-7-10-13-16-18-20-22-24-26-28-30-32-34-35-36-37-38-39-41-42-44-46-48-50-52-54-56-59-62-65-68-74(77)80-71-72(70-79-73(76)67-64-61-58-15-12-9-6-3)81-75(78)69-66-63-60-57-55-53-51-49-47-45-43-40-33-31-29-27-25-23-21-19-17-14-11-8-5-2/h7-8,10-11,16-19,22-25,28-31,34-35,37-38,40-43,46-49,52,54,72H,4-6,9,12-15,20-21,26-27,32-33,36,39,44-45,50-51,53,55-71H2,1-3H3/b10-7-,11-8-,18-16-,19-17-,24-22-,25-23-,30-28-,31-29-,35-34-,38-37-,42-41-,43-40-,48-46-,49-47-,54-52-. The van der Waals surface area contributed by atoms with E-state index in [0.29, 0.717) is 19.3 Å². The van der Waals surface area contributed by atoms with Crippen molar-refractivity contribution in [2.45, 2.75) is 258 Å². The van der Waals surface area contributed by atoms with Gasteiger partial charge in [0, 0.05) is 19.3 Å². The molecule has 452 valence electrons. The number of hydrogen-bond acceptors (Lipinski definition) is 6. The van der Waals surface area contributed by atoms with Crippen LogP contribution in [-0.2, 0) is 28.6 Å². The molecule has 0 amide bonds. The minimum Gasteiger partial charge on any atom is -0.462 e. The van der Waals surface area contributed by atoms with Crippen molar-refractivity contribution < 1.29 is 28.6 Å². The van der Waals surface area contributed by atoms with E-state index in [1.807, 2.05) is 0 Å². The Morgan fingerprint density at radius 2 is 0.481 bits per heavy atom. The summed E-state index contributed by atoms with van der Waals surface area (Å²) >= 11 is 0. The Morgan fingerprint density at radius 3 is 0.765 bits per heavy atom. The monoisotopic (exact) mass is 1110 g/mol. The van der Waals surface area contributed by atoms with Gasteiger partial charge >= 0.3 is 17.9 Å². The molecule has 0 aliphatic rings. The van der Waals surface area contributed by atoms with Crippen molar-refractivity contribution in [1.82, 2.24) is 0 Å². The van der Waals surface area contributed by atoms with Crippen molar-refractivity contribution in [2.75, 3.05) is 13.2 Å². The first-order valence-corrected chi connectivity index (χ1v) is 32.3. The lowest BCUT2D eigenvalue weighted by Crippen LogP contribution is -2.30. The van der Waals surface area contributed by atoms with Gasteiger partial charge in [0.25, 0.3) is 0 Å². The third kappa shape index (κ3) is 65.2. The zero-order valence-electron chi connectivity index (χ0n) is 51.7. The van der Waals surface area contributed by atoms with Crippen LogP contribution in [0.5, 0.6) is 0 Å². The molecule has 0 aromatic carbocycles. The van der Waals surface area contributed by atoms with Crippen molar-refractivity contribution in [3.05, 3.63) is 182 Å². The van der Waals surface area contributed by atoms with Gasteiger partial charge in [-0.3, -0.25) is 14.4 Å². The topological polar surface area (TPSA) is 78.9 Å². The second-order valence-corrected chi connectivity index (χ2v) is 20.6. The lowest BCUT2D eigenvalue weighted by Gasteiger charge is -2.18. The fraction of sp³-hybridized carbons (Fsp3) is 0.560. The number of rotatable bonds is 56. The molecule has 0 radical (unpaired) electrons. The van der Waals surface area contributed by atoms with Crippen LogP contribution in [0.4, 0.5) is 0 Å². The summed E-state index contributed by atoms with van der Waals surface area (Å²) in [5.74, 6) is -0.967. The van der Waals surface area contributed by atoms with Crippen LogP contribution < -0.4 is 0 Å². The van der Waals surface area contributed by atoms with Crippen LogP contribution in [0.3, 0.4) is 0 Å². The van der Waals surface area contributed by atoms with E-state index in [0.717, 1.165) is 173 Å². The van der Waals surface area contributed by atoms with Gasteiger partial charge in [0.2, 0.25) is 0 Å². The molecule has 1 unspecified atom stereocenters. The van der Waals surface area contributed by atoms with Crippen molar-refractivity contribution in [3.8, 4) is 0 Å². The molecule has 0 saturated carbocycles. The van der Waals surface area contributed by atoms with Gasteiger partial charge in [0.1, 0.15) is 13.2 Å². The van der Waals surface area contributed by atoms with Crippen LogP contribution in [0.2, 0.25) is 0 Å². The molecule has 0 fully saturated rings. The molecule has 0 heterocycles. The molecule has 0 aliphatic carbocycles. The van der Waals surface area contributed by atoms with Gasteiger partial charge in [-0.15, -0.1) is 0 Å². The lowest BCUT2D eigenvalue weighted by atomic mass is 10.1. The van der Waals surface area contributed by atoms with Crippen LogP contribution in [0, 0.1) is 0 Å². The Hall–Kier alpha value is -5.49. The van der Waals surface area contributed by atoms with E-state index < -0.39 is 6.10 Å². The Kier molecular flexibility index (Phi) is 62.5. The van der Waals surface area contributed by atoms with E-state index in [1.165, 1.54) is 38.5 Å². The molecule has 0 bridgehead atoms. The zero-order chi connectivity index (χ0) is 58.5. The molecule has 1 atom stereocenters. The average molecular weight is 1110 g/mol. The number of carbonyl (C=O) groups is 3. The second-order valence-electron chi connectivity index (χ2n) is 20.6. The van der Waals surface area contributed by atoms with E-state index in [1.54, 1.807) is 0 Å². The number of ether oxygens (including phenoxy) is 3. The summed E-state index contributed by atoms with van der Waals surface area (Å²) in [6, 6.07) is 0. The SMILES string of the molecule is CC/C=C\C/C=C\C/C=C\C/C=C\C/C=C\C/C=C\C/C=C\C/C=C\C/C=C\CCCCCC(=O)OCC(COC(=O)CCCCCCCCC)OC(=O)CCCCCCCC/C=C\C/C=C\C/C=C\C/C=C\C/C=C\C/C=C\CC. The van der Waals surface area contributed by atoms with E-state index in [4.69, 9.17) is 14.2 Å². The van der Waals surface area contributed by atoms with E-state index >= 15 is 0 Å². The largest absolute Gasteiger partial charge is 0.462 e. The van der Waals surface area contributed by atoms with E-state index in [-0.39, 0.29) is 31.1 Å². The predicted octanol–water partition coefficient (Wildman–Crippen LogP) is 22.4. The van der Waals surface area contributed by atoms with Crippen molar-refractivity contribution in [1.29, 1.82) is 0 Å². The highest BCUT2D eigenvalue weighted by Crippen LogP contribution is 2.13. The second kappa shape index (κ2) is 67.0. The van der Waals surface area contributed by atoms with Gasteiger partial charge in [-0.2, -0.15) is 0 Å². The predicted molar refractivity (Wildman–Crippen MR) is 352 cm³/mol. The van der Waals surface area contributed by atoms with E-state index in [2.05, 4.69) is 203 Å². The molecule has 81 heavy (non-hydrogen) atoms. The molecule has 0 N–H and O–H groups in total. The highest BCUT2D eigenvalue weighted by atomic mass is 16.6. The molecule has 0 aliphatic heterocycles. The Balaban J connectivity index is 4.30. The van der Waals surface area contributed by atoms with Crippen LogP contribution in [0.1, 0.15) is 252 Å². The minimum atomic E-state index is -0.808. The number of carbonyl (C=O) groups excluding carboxylic acids is 3. The molecular weight excluding hydrogens is 997 g/mol. The fourth-order valence-corrected chi connectivity index (χ4v) is 8.14. The summed E-state index contributed by atoms with van der Waals surface area (Å²) in [4.78, 5) is 38.1. The number of unbranched alkanes of at least 4 members (excludes halogenated alkanes) is 15. The highest BCUT2D eigenvalue weighted by molar-refractivity contribution is 5.71. The molecule has 0 spiro atoms. The van der Waals surface area contributed by atoms with Gasteiger partial charge in [-0.25, -0.2) is 0 Å². The number of allylic oxidation sites excluding steroid dienone is 30. The maximum Gasteiger partial charge on any atom is 0.306 e. The highest BCUT2D eigenvalue weighted by Gasteiger charge is 2.19. The maximum atomic E-state index is 12.9. The smallest absolute Gasteiger partial charge is 0.306 e. The summed E-state index contributed by atoms with van der Waals surface area (Å²) in [5, 5.41) is 0. The first kappa shape index (κ1) is 75.5. The molecule has 0 aromatic rings. The molecule has 0 aromatic heterocycles. The lowest BCUT2D eigenvalue weighted by molar-refractivity contribution is -0.167. The summed E-state index contributed by atoms with van der Waals surface area (Å²) < 4.78 is 16.8. The van der Waals surface area contributed by atoms with Gasteiger partial charge < -0.3 is 14.2 Å². The van der Waals surface area contributed by atoms with Crippen molar-refractivity contribution in [3.63, 3.8) is 0 Å². The molecular formula is C75H116O6. The summed E-state index contributed by atoms with van der Waals surface area (Å²) in [6.07, 6.45) is 101. The molecule has 0 saturated heterocycles. The maximum absolute atomic E-state index is 12.9. The number of esters is 3. The fourth-order valence-electron chi connectivity index (χ4n) is 8.14. The average Bonchev–Trinajstić information content (AvgIpc) is 3.46. The Labute approximate surface area is 497 Å².